The molecule has 5 aromatic rings. The number of rotatable bonds is 33. The van der Waals surface area contributed by atoms with E-state index in [0.717, 1.165) is 10.5 Å². The first-order chi connectivity index (χ1) is 45.6. The molecule has 1 aliphatic heterocycles. The molecule has 2 heterocycles. The fourth-order valence-corrected chi connectivity index (χ4v) is 10.8. The summed E-state index contributed by atoms with van der Waals surface area (Å²) in [5, 5.41) is 39.3. The molecule has 1 fully saturated rings. The van der Waals surface area contributed by atoms with Crippen LogP contribution < -0.4 is 48.2 Å². The molecule has 6 rings (SSSR count). The molecule has 5 atom stereocenters. The van der Waals surface area contributed by atoms with E-state index in [9.17, 15) is 70.8 Å². The zero-order valence-corrected chi connectivity index (χ0v) is 54.5. The Morgan fingerprint density at radius 3 is 1.94 bits per heavy atom. The van der Waals surface area contributed by atoms with Gasteiger partial charge in [0.15, 0.2) is 0 Å². The third-order valence-corrected chi connectivity index (χ3v) is 16.1. The molecule has 1 aliphatic rings. The van der Waals surface area contributed by atoms with Crippen LogP contribution >= 0.6 is 0 Å². The molecule has 0 saturated carbocycles. The van der Waals surface area contributed by atoms with Gasteiger partial charge in [-0.25, -0.2) is 4.98 Å². The maximum atomic E-state index is 14.5. The summed E-state index contributed by atoms with van der Waals surface area (Å²) in [5.41, 5.74) is 9.70. The van der Waals surface area contributed by atoms with Gasteiger partial charge < -0.3 is 51.9 Å². The topological polar surface area (TPSA) is 423 Å². The number of nitrogens with one attached hydrogen (secondary N) is 9. The number of aromatic nitrogens is 1. The van der Waals surface area contributed by atoms with E-state index in [0.29, 0.717) is 17.5 Å². The van der Waals surface area contributed by atoms with Crippen molar-refractivity contribution >= 4 is 87.2 Å². The molecular formula is C66H81N13O16S. The van der Waals surface area contributed by atoms with Crippen molar-refractivity contribution in [3.8, 4) is 5.75 Å². The number of hydrogen-bond donors (Lipinski definition) is 12. The number of carboxylic acids is 1. The lowest BCUT2D eigenvalue weighted by atomic mass is 10.00. The summed E-state index contributed by atoms with van der Waals surface area (Å²) in [7, 11) is -4.49. The van der Waals surface area contributed by atoms with Gasteiger partial charge in [-0.3, -0.25) is 73.6 Å². The molecule has 4 aromatic carbocycles. The van der Waals surface area contributed by atoms with Crippen molar-refractivity contribution in [3.63, 3.8) is 0 Å². The molecule has 1 saturated heterocycles. The number of benzene rings is 4. The summed E-state index contributed by atoms with van der Waals surface area (Å²) < 4.78 is 32.8. The van der Waals surface area contributed by atoms with Crippen LogP contribution in [-0.2, 0) is 72.7 Å². The van der Waals surface area contributed by atoms with Crippen LogP contribution in [0.15, 0.2) is 131 Å². The highest BCUT2D eigenvalue weighted by Crippen LogP contribution is 2.21. The fraction of sp³-hybridized carbons (Fsp3) is 0.379. The smallest absolute Gasteiger partial charge is 0.305 e. The number of carbonyl (C=O) groups is 11. The van der Waals surface area contributed by atoms with Gasteiger partial charge in [-0.2, -0.15) is 13.5 Å². The molecule has 12 N–H and O–H groups in total. The Labute approximate surface area is 555 Å². The number of hydrazone groups is 1. The minimum atomic E-state index is -4.49. The summed E-state index contributed by atoms with van der Waals surface area (Å²) in [6, 6.07) is 23.4. The van der Waals surface area contributed by atoms with Gasteiger partial charge in [-0.05, 0) is 110 Å². The van der Waals surface area contributed by atoms with E-state index in [-0.39, 0.29) is 110 Å². The summed E-state index contributed by atoms with van der Waals surface area (Å²) in [6.07, 6.45) is 3.08. The highest BCUT2D eigenvalue weighted by molar-refractivity contribution is 7.86. The standard InChI is InChI=1S/C66H81N13O16S/c1-40(2)32-51(74-66(92)54-15-11-30-79(54)58(83)39-78(42(5)80)31-29-59(84)85)62(88)69-38-57(82)71-50(27-21-43-12-7-6-8-13-43)63(89)73-53(34-44-19-25-49(81)26-20-44)64(90)72-52(33-41(3)4)65(91)77-76-61(87)46-22-17-45(18-23-46)35-68-60(86)48-24-28-56(67-36-48)75-70-37-47-14-9-10-16-55(47)96(93,94)95/h6-10,12-14,16-20,22-26,28,36-37,40-41,50-54,81H,11,15,21,27,29-35,38-39H2,1-5H3,(H,67,75)(H,68,86)(H,69,88)(H,71,82)(H,72,90)(H,73,89)(H,74,92)(H,76,87)(H,77,91)(H,84,85)(H,93,94,95)/b70-37+/t50-,51-,52-,53-,54-/m0/s1. The number of anilines is 1. The number of aliphatic carboxylic acids is 1. The van der Waals surface area contributed by atoms with Gasteiger partial charge in [0, 0.05) is 50.3 Å². The van der Waals surface area contributed by atoms with Crippen molar-refractivity contribution in [2.75, 3.05) is 31.6 Å². The number of aromatic hydroxyl groups is 1. The van der Waals surface area contributed by atoms with Crippen molar-refractivity contribution in [1.82, 2.24) is 57.5 Å². The molecule has 96 heavy (non-hydrogen) atoms. The monoisotopic (exact) mass is 1340 g/mol. The van der Waals surface area contributed by atoms with Crippen LogP contribution in [0.2, 0.25) is 0 Å². The summed E-state index contributed by atoms with van der Waals surface area (Å²) in [6.45, 7) is 7.34. The summed E-state index contributed by atoms with van der Waals surface area (Å²) in [4.78, 5) is 154. The predicted octanol–water partition coefficient (Wildman–Crippen LogP) is 2.51. The van der Waals surface area contributed by atoms with Gasteiger partial charge in [0.05, 0.1) is 31.3 Å². The number of hydrazine groups is 1. The number of hydrogen-bond acceptors (Lipinski definition) is 17. The Kier molecular flexibility index (Phi) is 28.0. The molecule has 0 spiro atoms. The number of aryl methyl sites for hydroxylation is 1. The van der Waals surface area contributed by atoms with Gasteiger partial charge in [0.1, 0.15) is 46.7 Å². The van der Waals surface area contributed by atoms with Crippen LogP contribution in [0.4, 0.5) is 5.82 Å². The Bertz CT molecular complexity index is 3710. The lowest BCUT2D eigenvalue weighted by molar-refractivity contribution is -0.144. The van der Waals surface area contributed by atoms with Crippen LogP contribution in [0.25, 0.3) is 0 Å². The fourth-order valence-electron chi connectivity index (χ4n) is 10.1. The second-order valence-electron chi connectivity index (χ2n) is 23.6. The van der Waals surface area contributed by atoms with E-state index >= 15 is 0 Å². The lowest BCUT2D eigenvalue weighted by Gasteiger charge is -2.29. The Hall–Kier alpha value is -10.6. The van der Waals surface area contributed by atoms with Gasteiger partial charge in [-0.15, -0.1) is 0 Å². The Balaban J connectivity index is 1.06. The molecular weight excluding hydrogens is 1260 g/mol. The van der Waals surface area contributed by atoms with E-state index in [4.69, 9.17) is 5.11 Å². The summed E-state index contributed by atoms with van der Waals surface area (Å²) in [5.74, 6) is -8.26. The van der Waals surface area contributed by atoms with Crippen molar-refractivity contribution in [2.45, 2.75) is 128 Å². The number of likely N-dealkylation sites (tertiary alicyclic amines) is 1. The second kappa shape index (κ2) is 36.2. The number of pyridine rings is 1. The number of carbonyl (C=O) groups excluding carboxylic acids is 10. The first-order valence-electron chi connectivity index (χ1n) is 31.0. The lowest BCUT2D eigenvalue weighted by Crippen LogP contribution is -2.59. The first-order valence-corrected chi connectivity index (χ1v) is 32.4. The van der Waals surface area contributed by atoms with Crippen LogP contribution in [-0.4, -0.2) is 166 Å². The molecule has 512 valence electrons. The minimum Gasteiger partial charge on any atom is -0.508 e. The highest BCUT2D eigenvalue weighted by atomic mass is 32.2. The molecule has 0 aliphatic carbocycles. The van der Waals surface area contributed by atoms with Crippen molar-refractivity contribution in [3.05, 3.63) is 155 Å². The predicted molar refractivity (Wildman–Crippen MR) is 350 cm³/mol. The number of amides is 10. The summed E-state index contributed by atoms with van der Waals surface area (Å²) >= 11 is 0. The maximum absolute atomic E-state index is 14.5. The molecule has 0 radical (unpaired) electrons. The van der Waals surface area contributed by atoms with Gasteiger partial charge >= 0.3 is 5.97 Å². The average molecular weight is 1340 g/mol. The largest absolute Gasteiger partial charge is 0.508 e. The second-order valence-corrected chi connectivity index (χ2v) is 25.0. The molecule has 30 heteroatoms. The Morgan fingerprint density at radius 2 is 1.30 bits per heavy atom. The highest BCUT2D eigenvalue weighted by Gasteiger charge is 2.37. The first kappa shape index (κ1) is 74.4. The van der Waals surface area contributed by atoms with Gasteiger partial charge in [0.2, 0.25) is 41.4 Å². The number of phenolic OH excluding ortho intramolecular Hbond substituents is 1. The Morgan fingerprint density at radius 1 is 0.677 bits per heavy atom. The van der Waals surface area contributed by atoms with Crippen LogP contribution in [0.1, 0.15) is 116 Å². The van der Waals surface area contributed by atoms with Gasteiger partial charge in [-0.1, -0.05) is 100 Å². The van der Waals surface area contributed by atoms with Crippen molar-refractivity contribution < 1.29 is 75.9 Å². The van der Waals surface area contributed by atoms with Crippen molar-refractivity contribution in [1.29, 1.82) is 0 Å². The average Bonchev–Trinajstić information content (AvgIpc) is 1.57. The number of nitrogens with zero attached hydrogens (tertiary/aromatic N) is 4. The quantitative estimate of drug-likeness (QED) is 0.0163. The van der Waals surface area contributed by atoms with Crippen LogP contribution in [0, 0.1) is 11.8 Å². The maximum Gasteiger partial charge on any atom is 0.305 e. The molecule has 29 nitrogen and oxygen atoms in total. The van der Waals surface area contributed by atoms with E-state index in [2.05, 4.69) is 58.3 Å². The van der Waals surface area contributed by atoms with Crippen LogP contribution in [0.5, 0.6) is 5.75 Å². The van der Waals surface area contributed by atoms with E-state index in [1.54, 1.807) is 50.2 Å². The third kappa shape index (κ3) is 24.1. The SMILES string of the molecule is CC(=O)N(CCC(=O)O)CC(=O)N1CCC[C@H]1C(=O)N[C@@H](CC(C)C)C(=O)NCC(=O)N[C@@H](CCc1ccccc1)C(=O)N[C@@H](Cc1ccc(O)cc1)C(=O)N[C@@H](CC(C)C)C(=O)NNC(=O)c1ccc(CNC(=O)c2ccc(N/N=C/c3ccccc3S(=O)(=O)O)nc2)cc1. The molecule has 0 bridgehead atoms. The number of phenols is 1. The molecule has 10 amide bonds. The van der Waals surface area contributed by atoms with Crippen molar-refractivity contribution in [2.24, 2.45) is 16.9 Å². The normalized spacial score (nSPS) is 14.1. The zero-order chi connectivity index (χ0) is 70.1. The van der Waals surface area contributed by atoms with Gasteiger partial charge in [0.25, 0.3) is 27.8 Å². The van der Waals surface area contributed by atoms with Crippen LogP contribution in [0.3, 0.4) is 0 Å². The zero-order valence-electron chi connectivity index (χ0n) is 53.7. The minimum absolute atomic E-state index is 0.00319. The number of carboxylic acid groups (broad SMARTS) is 1. The van der Waals surface area contributed by atoms with E-state index in [1.165, 1.54) is 91.0 Å². The molecule has 0 unspecified atom stereocenters. The molecule has 1 aromatic heterocycles. The van der Waals surface area contributed by atoms with E-state index in [1.807, 2.05) is 26.0 Å². The third-order valence-electron chi connectivity index (χ3n) is 15.1. The van der Waals surface area contributed by atoms with E-state index < -0.39 is 118 Å².